The number of hydrogen-bond donors (Lipinski definition) is 1. The molecular formula is C22H28N4O5S. The van der Waals surface area contributed by atoms with Crippen molar-refractivity contribution >= 4 is 33.0 Å². The third-order valence-electron chi connectivity index (χ3n) is 5.59. The minimum atomic E-state index is -3.60. The highest BCUT2D eigenvalue weighted by Crippen LogP contribution is 2.29. The molecule has 0 spiro atoms. The molecule has 3 rings (SSSR count). The smallest absolute Gasteiger partial charge is 0.270 e. The van der Waals surface area contributed by atoms with Crippen molar-refractivity contribution in [1.82, 2.24) is 4.31 Å². The van der Waals surface area contributed by atoms with Gasteiger partial charge in [-0.05, 0) is 49.6 Å². The molecule has 0 aliphatic carbocycles. The fraction of sp³-hybridized carbons (Fsp3) is 0.409. The number of carbonyl (C=O) groups is 1. The summed E-state index contributed by atoms with van der Waals surface area (Å²) in [5.41, 5.74) is 1.13. The Balaban J connectivity index is 1.86. The van der Waals surface area contributed by atoms with Crippen LogP contribution in [0.25, 0.3) is 0 Å². The lowest BCUT2D eigenvalue weighted by Crippen LogP contribution is -2.31. The predicted octanol–water partition coefficient (Wildman–Crippen LogP) is 3.87. The van der Waals surface area contributed by atoms with E-state index in [4.69, 9.17) is 0 Å². The zero-order valence-electron chi connectivity index (χ0n) is 18.3. The summed E-state index contributed by atoms with van der Waals surface area (Å²) in [5.74, 6) is -0.478. The summed E-state index contributed by atoms with van der Waals surface area (Å²) in [6.07, 6.45) is 3.12. The number of sulfonamides is 1. The molecule has 1 heterocycles. The summed E-state index contributed by atoms with van der Waals surface area (Å²) >= 11 is 0. The number of nitro benzene ring substituents is 1. The number of amides is 1. The van der Waals surface area contributed by atoms with Crippen LogP contribution in [0, 0.1) is 10.1 Å². The zero-order valence-corrected chi connectivity index (χ0v) is 19.1. The monoisotopic (exact) mass is 460 g/mol. The highest BCUT2D eigenvalue weighted by Gasteiger charge is 2.23. The van der Waals surface area contributed by atoms with E-state index in [1.165, 1.54) is 40.7 Å². The predicted molar refractivity (Wildman–Crippen MR) is 124 cm³/mol. The zero-order chi connectivity index (χ0) is 23.3. The third-order valence-corrected chi connectivity index (χ3v) is 7.65. The molecule has 0 unspecified atom stereocenters. The number of nitrogens with one attached hydrogen (secondary N) is 1. The first kappa shape index (κ1) is 23.7. The van der Waals surface area contributed by atoms with Crippen molar-refractivity contribution in [3.63, 3.8) is 0 Å². The van der Waals surface area contributed by atoms with Crippen LogP contribution in [-0.4, -0.2) is 49.7 Å². The maximum atomic E-state index is 13.0. The Bertz CT molecular complexity index is 1080. The molecule has 32 heavy (non-hydrogen) atoms. The van der Waals surface area contributed by atoms with Gasteiger partial charge in [0.05, 0.1) is 21.1 Å². The molecular weight excluding hydrogens is 432 g/mol. The lowest BCUT2D eigenvalue weighted by atomic mass is 10.1. The molecule has 2 aromatic rings. The Morgan fingerprint density at radius 1 is 1.06 bits per heavy atom. The molecule has 1 amide bonds. The largest absolute Gasteiger partial charge is 0.371 e. The van der Waals surface area contributed by atoms with Gasteiger partial charge in [-0.15, -0.1) is 0 Å². The van der Waals surface area contributed by atoms with E-state index in [9.17, 15) is 23.3 Å². The topological polar surface area (TPSA) is 113 Å². The van der Waals surface area contributed by atoms with Gasteiger partial charge in [0, 0.05) is 44.0 Å². The second kappa shape index (κ2) is 10.1. The van der Waals surface area contributed by atoms with Crippen LogP contribution in [0.4, 0.5) is 17.1 Å². The van der Waals surface area contributed by atoms with E-state index in [-0.39, 0.29) is 16.1 Å². The number of nitrogens with zero attached hydrogens (tertiary/aromatic N) is 3. The van der Waals surface area contributed by atoms with Crippen LogP contribution in [0.15, 0.2) is 47.4 Å². The second-order valence-corrected chi connectivity index (χ2v) is 9.51. The average molecular weight is 461 g/mol. The molecule has 1 aliphatic heterocycles. The highest BCUT2D eigenvalue weighted by atomic mass is 32.2. The second-order valence-electron chi connectivity index (χ2n) is 7.57. The van der Waals surface area contributed by atoms with Crippen LogP contribution in [0.2, 0.25) is 0 Å². The molecule has 0 atom stereocenters. The summed E-state index contributed by atoms with van der Waals surface area (Å²) in [6, 6.07) is 10.3. The lowest BCUT2D eigenvalue weighted by Gasteiger charge is -2.30. The lowest BCUT2D eigenvalue weighted by molar-refractivity contribution is -0.384. The fourth-order valence-corrected chi connectivity index (χ4v) is 5.31. The molecule has 1 saturated heterocycles. The Kier molecular flexibility index (Phi) is 7.47. The van der Waals surface area contributed by atoms with Crippen LogP contribution in [0.5, 0.6) is 0 Å². The van der Waals surface area contributed by atoms with Crippen LogP contribution in [0.1, 0.15) is 43.5 Å². The Hall–Kier alpha value is -2.98. The van der Waals surface area contributed by atoms with Crippen LogP contribution < -0.4 is 10.2 Å². The molecule has 172 valence electrons. The number of carbonyl (C=O) groups excluding carboxylic acids is 1. The molecule has 2 aromatic carbocycles. The first-order valence-corrected chi connectivity index (χ1v) is 12.2. The Morgan fingerprint density at radius 2 is 1.69 bits per heavy atom. The first-order valence-electron chi connectivity index (χ1n) is 10.7. The van der Waals surface area contributed by atoms with Crippen molar-refractivity contribution < 1.29 is 18.1 Å². The SMILES string of the molecule is CCN(CC)S(=O)(=O)c1ccc(NC(=O)c2cc([N+](=O)[O-])ccc2N2CCCCC2)cc1. The van der Waals surface area contributed by atoms with E-state index in [0.29, 0.717) is 24.5 Å². The Morgan fingerprint density at radius 3 is 2.25 bits per heavy atom. The average Bonchev–Trinajstić information content (AvgIpc) is 2.80. The number of anilines is 2. The summed E-state index contributed by atoms with van der Waals surface area (Å²) in [6.45, 7) is 5.85. The van der Waals surface area contributed by atoms with Crippen molar-refractivity contribution in [1.29, 1.82) is 0 Å². The van der Waals surface area contributed by atoms with E-state index < -0.39 is 20.9 Å². The van der Waals surface area contributed by atoms with Crippen molar-refractivity contribution in [2.24, 2.45) is 0 Å². The standard InChI is InChI=1S/C22H28N4O5S/c1-3-25(4-2)32(30,31)19-11-8-17(9-12-19)23-22(27)20-16-18(26(28)29)10-13-21(20)24-14-6-5-7-15-24/h8-13,16H,3-7,14-15H2,1-2H3,(H,23,27). The Labute approximate surface area is 188 Å². The van der Waals surface area contributed by atoms with E-state index in [2.05, 4.69) is 10.2 Å². The van der Waals surface area contributed by atoms with E-state index in [1.54, 1.807) is 19.9 Å². The molecule has 1 aliphatic rings. The maximum Gasteiger partial charge on any atom is 0.270 e. The van der Waals surface area contributed by atoms with Crippen molar-refractivity contribution in [2.75, 3.05) is 36.4 Å². The summed E-state index contributed by atoms with van der Waals surface area (Å²) in [5, 5.41) is 14.0. The van der Waals surface area contributed by atoms with Gasteiger partial charge in [0.2, 0.25) is 10.0 Å². The molecule has 0 bridgehead atoms. The van der Waals surface area contributed by atoms with Gasteiger partial charge in [-0.2, -0.15) is 4.31 Å². The van der Waals surface area contributed by atoms with Gasteiger partial charge in [0.15, 0.2) is 0 Å². The van der Waals surface area contributed by atoms with Gasteiger partial charge < -0.3 is 10.2 Å². The number of rotatable bonds is 8. The molecule has 1 N–H and O–H groups in total. The molecule has 0 radical (unpaired) electrons. The molecule has 0 saturated carbocycles. The number of hydrogen-bond acceptors (Lipinski definition) is 6. The van der Waals surface area contributed by atoms with Crippen molar-refractivity contribution in [3.05, 3.63) is 58.1 Å². The van der Waals surface area contributed by atoms with Gasteiger partial charge in [-0.1, -0.05) is 13.8 Å². The summed E-state index contributed by atoms with van der Waals surface area (Å²) < 4.78 is 26.6. The summed E-state index contributed by atoms with van der Waals surface area (Å²) in [4.78, 5) is 26.0. The normalized spacial score (nSPS) is 14.4. The third kappa shape index (κ3) is 5.08. The van der Waals surface area contributed by atoms with Crippen LogP contribution >= 0.6 is 0 Å². The molecule has 0 aromatic heterocycles. The van der Waals surface area contributed by atoms with Gasteiger partial charge in [0.25, 0.3) is 11.6 Å². The van der Waals surface area contributed by atoms with Crippen LogP contribution in [-0.2, 0) is 10.0 Å². The number of piperidine rings is 1. The molecule has 10 heteroatoms. The van der Waals surface area contributed by atoms with Gasteiger partial charge >= 0.3 is 0 Å². The van der Waals surface area contributed by atoms with Crippen molar-refractivity contribution in [2.45, 2.75) is 38.0 Å². The van der Waals surface area contributed by atoms with Gasteiger partial charge in [-0.25, -0.2) is 8.42 Å². The highest BCUT2D eigenvalue weighted by molar-refractivity contribution is 7.89. The van der Waals surface area contributed by atoms with E-state index >= 15 is 0 Å². The molecule has 9 nitrogen and oxygen atoms in total. The summed E-state index contributed by atoms with van der Waals surface area (Å²) in [7, 11) is -3.60. The van der Waals surface area contributed by atoms with Gasteiger partial charge in [0.1, 0.15) is 0 Å². The van der Waals surface area contributed by atoms with Crippen LogP contribution in [0.3, 0.4) is 0 Å². The van der Waals surface area contributed by atoms with Crippen molar-refractivity contribution in [3.8, 4) is 0 Å². The van der Waals surface area contributed by atoms with Gasteiger partial charge in [-0.3, -0.25) is 14.9 Å². The maximum absolute atomic E-state index is 13.0. The fourth-order valence-electron chi connectivity index (χ4n) is 3.85. The first-order chi connectivity index (χ1) is 15.3. The van der Waals surface area contributed by atoms with E-state index in [1.807, 2.05) is 0 Å². The van der Waals surface area contributed by atoms with E-state index in [0.717, 1.165) is 32.4 Å². The quantitative estimate of drug-likeness (QED) is 0.473. The minimum absolute atomic E-state index is 0.142. The number of benzene rings is 2. The number of nitro groups is 1. The minimum Gasteiger partial charge on any atom is -0.371 e. The number of non-ortho nitro benzene ring substituents is 1. The molecule has 1 fully saturated rings.